The molecule has 104 valence electrons. The lowest BCUT2D eigenvalue weighted by Crippen LogP contribution is -2.59. The lowest BCUT2D eigenvalue weighted by atomic mass is 9.99. The molecule has 19 heavy (non-hydrogen) atoms. The molecule has 0 radical (unpaired) electrons. The van der Waals surface area contributed by atoms with Gasteiger partial charge in [-0.2, -0.15) is 0 Å². The maximum absolute atomic E-state index is 12.3. The van der Waals surface area contributed by atoms with Crippen LogP contribution in [0.2, 0.25) is 0 Å². The van der Waals surface area contributed by atoms with Crippen molar-refractivity contribution >= 4 is 5.91 Å². The minimum Gasteiger partial charge on any atom is -0.335 e. The topological polar surface area (TPSA) is 32.3 Å². The van der Waals surface area contributed by atoms with Crippen molar-refractivity contribution in [3.63, 3.8) is 0 Å². The van der Waals surface area contributed by atoms with Crippen molar-refractivity contribution < 1.29 is 4.79 Å². The number of nitrogens with zero attached hydrogens (tertiary/aromatic N) is 1. The zero-order valence-corrected chi connectivity index (χ0v) is 12.0. The largest absolute Gasteiger partial charge is 0.335 e. The van der Waals surface area contributed by atoms with E-state index in [9.17, 15) is 4.79 Å². The number of amides is 1. The first kappa shape index (κ1) is 14.1. The van der Waals surface area contributed by atoms with Crippen LogP contribution in [0.4, 0.5) is 0 Å². The molecule has 1 aromatic carbocycles. The Hall–Kier alpha value is -1.35. The van der Waals surface area contributed by atoms with Crippen LogP contribution in [0.1, 0.15) is 32.3 Å². The first-order chi connectivity index (χ1) is 9.09. The minimum absolute atomic E-state index is 0.0535. The Morgan fingerprint density at radius 2 is 2.05 bits per heavy atom. The van der Waals surface area contributed by atoms with Gasteiger partial charge in [0.2, 0.25) is 5.91 Å². The number of hydrogen-bond donors (Lipinski definition) is 1. The van der Waals surface area contributed by atoms with Gasteiger partial charge in [0.15, 0.2) is 0 Å². The number of nitrogens with one attached hydrogen (secondary N) is 1. The van der Waals surface area contributed by atoms with Crippen molar-refractivity contribution in [2.45, 2.75) is 38.6 Å². The Bertz CT molecular complexity index is 414. The Kier molecular flexibility index (Phi) is 4.59. The smallest absolute Gasteiger partial charge is 0.223 e. The van der Waals surface area contributed by atoms with Gasteiger partial charge in [-0.25, -0.2) is 0 Å². The van der Waals surface area contributed by atoms with E-state index >= 15 is 0 Å². The number of aryl methyl sites for hydroxylation is 1. The molecule has 1 aliphatic heterocycles. The van der Waals surface area contributed by atoms with Crippen LogP contribution in [0, 0.1) is 0 Å². The second-order valence-corrected chi connectivity index (χ2v) is 5.87. The summed E-state index contributed by atoms with van der Waals surface area (Å²) < 4.78 is 0. The summed E-state index contributed by atoms with van der Waals surface area (Å²) in [5, 5.41) is 3.35. The van der Waals surface area contributed by atoms with Crippen LogP contribution >= 0.6 is 0 Å². The normalized spacial score (nSPS) is 18.3. The molecule has 1 heterocycles. The molecule has 1 amide bonds. The van der Waals surface area contributed by atoms with Crippen molar-refractivity contribution in [3.8, 4) is 0 Å². The highest BCUT2D eigenvalue weighted by Gasteiger charge is 2.32. The second kappa shape index (κ2) is 6.20. The lowest BCUT2D eigenvalue weighted by Gasteiger charge is -2.43. The molecule has 0 atom stereocenters. The van der Waals surface area contributed by atoms with Gasteiger partial charge in [0.1, 0.15) is 0 Å². The predicted molar refractivity (Wildman–Crippen MR) is 78.0 cm³/mol. The lowest BCUT2D eigenvalue weighted by molar-refractivity contribution is -0.137. The van der Waals surface area contributed by atoms with Crippen LogP contribution in [0.5, 0.6) is 0 Å². The second-order valence-electron chi connectivity index (χ2n) is 5.87. The van der Waals surface area contributed by atoms with E-state index < -0.39 is 0 Å². The molecular formula is C16H24N2O. The van der Waals surface area contributed by atoms with E-state index in [0.717, 1.165) is 32.5 Å². The summed E-state index contributed by atoms with van der Waals surface area (Å²) in [7, 11) is 0. The third kappa shape index (κ3) is 3.80. The molecule has 1 N–H and O–H groups in total. The third-order valence-electron chi connectivity index (χ3n) is 3.80. The fourth-order valence-corrected chi connectivity index (χ4v) is 2.67. The van der Waals surface area contributed by atoms with Crippen molar-refractivity contribution in [3.05, 3.63) is 35.9 Å². The highest BCUT2D eigenvalue weighted by molar-refractivity contribution is 5.77. The molecule has 3 heteroatoms. The van der Waals surface area contributed by atoms with Crippen LogP contribution in [0.15, 0.2) is 30.3 Å². The first-order valence-corrected chi connectivity index (χ1v) is 7.15. The van der Waals surface area contributed by atoms with Crippen molar-refractivity contribution in [2.24, 2.45) is 0 Å². The number of hydrogen-bond acceptors (Lipinski definition) is 2. The van der Waals surface area contributed by atoms with Gasteiger partial charge >= 0.3 is 0 Å². The fourth-order valence-electron chi connectivity index (χ4n) is 2.67. The van der Waals surface area contributed by atoms with Crippen LogP contribution < -0.4 is 5.32 Å². The van der Waals surface area contributed by atoms with E-state index in [1.54, 1.807) is 0 Å². The SMILES string of the molecule is CC1(C)CNCCN1C(=O)CCCc1ccccc1. The van der Waals surface area contributed by atoms with Gasteiger partial charge in [0, 0.05) is 31.6 Å². The molecule has 1 aromatic rings. The molecule has 0 aliphatic carbocycles. The van der Waals surface area contributed by atoms with Gasteiger partial charge in [0.05, 0.1) is 0 Å². The number of carbonyl (C=O) groups is 1. The quantitative estimate of drug-likeness (QED) is 0.900. The van der Waals surface area contributed by atoms with Gasteiger partial charge in [0.25, 0.3) is 0 Å². The molecule has 0 unspecified atom stereocenters. The standard InChI is InChI=1S/C16H24N2O/c1-16(2)13-17-11-12-18(16)15(19)10-6-9-14-7-4-3-5-8-14/h3-5,7-8,17H,6,9-13H2,1-2H3. The molecule has 0 saturated carbocycles. The first-order valence-electron chi connectivity index (χ1n) is 7.15. The molecule has 3 nitrogen and oxygen atoms in total. The Morgan fingerprint density at radius 3 is 2.74 bits per heavy atom. The fraction of sp³-hybridized carbons (Fsp3) is 0.562. The van der Waals surface area contributed by atoms with Gasteiger partial charge in [-0.1, -0.05) is 30.3 Å². The monoisotopic (exact) mass is 260 g/mol. The van der Waals surface area contributed by atoms with Crippen molar-refractivity contribution in [1.29, 1.82) is 0 Å². The van der Waals surface area contributed by atoms with Crippen LogP contribution in [0.3, 0.4) is 0 Å². The molecule has 1 aliphatic rings. The van der Waals surface area contributed by atoms with Gasteiger partial charge in [-0.3, -0.25) is 4.79 Å². The molecule has 1 fully saturated rings. The number of piperazine rings is 1. The van der Waals surface area contributed by atoms with Gasteiger partial charge in [-0.05, 0) is 32.3 Å². The van der Waals surface area contributed by atoms with E-state index in [4.69, 9.17) is 0 Å². The summed E-state index contributed by atoms with van der Waals surface area (Å²) in [5.41, 5.74) is 1.26. The zero-order valence-electron chi connectivity index (χ0n) is 12.0. The van der Waals surface area contributed by atoms with Crippen molar-refractivity contribution in [1.82, 2.24) is 10.2 Å². The summed E-state index contributed by atoms with van der Waals surface area (Å²) in [4.78, 5) is 14.3. The maximum Gasteiger partial charge on any atom is 0.223 e. The molecule has 0 aromatic heterocycles. The van der Waals surface area contributed by atoms with Crippen LogP contribution in [0.25, 0.3) is 0 Å². The van der Waals surface area contributed by atoms with Crippen LogP contribution in [-0.4, -0.2) is 36.0 Å². The third-order valence-corrected chi connectivity index (χ3v) is 3.80. The number of benzene rings is 1. The average Bonchev–Trinajstić information content (AvgIpc) is 2.39. The summed E-state index contributed by atoms with van der Waals surface area (Å²) in [6, 6.07) is 10.4. The summed E-state index contributed by atoms with van der Waals surface area (Å²) in [6.07, 6.45) is 2.57. The highest BCUT2D eigenvalue weighted by atomic mass is 16.2. The minimum atomic E-state index is -0.0535. The molecule has 0 bridgehead atoms. The number of rotatable bonds is 4. The van der Waals surface area contributed by atoms with Gasteiger partial charge in [-0.15, -0.1) is 0 Å². The van der Waals surface area contributed by atoms with Crippen LogP contribution in [-0.2, 0) is 11.2 Å². The Labute approximate surface area is 116 Å². The molecule has 1 saturated heterocycles. The van der Waals surface area contributed by atoms with E-state index in [0.29, 0.717) is 12.3 Å². The highest BCUT2D eigenvalue weighted by Crippen LogP contribution is 2.18. The number of carbonyl (C=O) groups excluding carboxylic acids is 1. The average molecular weight is 260 g/mol. The summed E-state index contributed by atoms with van der Waals surface area (Å²) in [5.74, 6) is 0.294. The summed E-state index contributed by atoms with van der Waals surface area (Å²) in [6.45, 7) is 6.89. The predicted octanol–water partition coefficient (Wildman–Crippen LogP) is 2.22. The maximum atomic E-state index is 12.3. The molecular weight excluding hydrogens is 236 g/mol. The van der Waals surface area contributed by atoms with E-state index in [-0.39, 0.29) is 5.54 Å². The van der Waals surface area contributed by atoms with E-state index in [1.165, 1.54) is 5.56 Å². The molecule has 0 spiro atoms. The van der Waals surface area contributed by atoms with Crippen molar-refractivity contribution in [2.75, 3.05) is 19.6 Å². The zero-order chi connectivity index (χ0) is 13.7. The molecule has 2 rings (SSSR count). The van der Waals surface area contributed by atoms with E-state index in [1.807, 2.05) is 11.0 Å². The van der Waals surface area contributed by atoms with Gasteiger partial charge < -0.3 is 10.2 Å². The Morgan fingerprint density at radius 1 is 1.32 bits per heavy atom. The van der Waals surface area contributed by atoms with E-state index in [2.05, 4.69) is 43.4 Å². The Balaban J connectivity index is 1.81. The summed E-state index contributed by atoms with van der Waals surface area (Å²) >= 11 is 0.